The lowest BCUT2D eigenvalue weighted by molar-refractivity contribution is -0.127. The van der Waals surface area contributed by atoms with Crippen LogP contribution >= 0.6 is 23.4 Å². The number of amides is 1. The molecule has 162 valence electrons. The van der Waals surface area contributed by atoms with E-state index in [-0.39, 0.29) is 23.5 Å². The predicted octanol–water partition coefficient (Wildman–Crippen LogP) is 4.70. The van der Waals surface area contributed by atoms with E-state index in [0.29, 0.717) is 40.5 Å². The van der Waals surface area contributed by atoms with Crippen molar-refractivity contribution in [2.24, 2.45) is 0 Å². The molecule has 1 aromatic heterocycles. The molecule has 0 atom stereocenters. The van der Waals surface area contributed by atoms with Gasteiger partial charge in [-0.15, -0.1) is 10.2 Å². The van der Waals surface area contributed by atoms with E-state index in [1.54, 1.807) is 54.4 Å². The van der Waals surface area contributed by atoms with Gasteiger partial charge in [0.05, 0.1) is 17.9 Å². The van der Waals surface area contributed by atoms with Crippen LogP contribution in [0.25, 0.3) is 11.4 Å². The van der Waals surface area contributed by atoms with E-state index >= 15 is 0 Å². The van der Waals surface area contributed by atoms with Gasteiger partial charge in [0.25, 0.3) is 0 Å². The Morgan fingerprint density at radius 3 is 2.68 bits per heavy atom. The van der Waals surface area contributed by atoms with Crippen LogP contribution in [0.4, 0.5) is 4.39 Å². The number of rotatable bonds is 9. The number of ether oxygens (including phenoxy) is 1. The van der Waals surface area contributed by atoms with Gasteiger partial charge in [-0.3, -0.25) is 9.36 Å². The molecule has 31 heavy (non-hydrogen) atoms. The highest BCUT2D eigenvalue weighted by molar-refractivity contribution is 7.99. The Morgan fingerprint density at radius 1 is 1.23 bits per heavy atom. The smallest absolute Gasteiger partial charge is 0.232 e. The van der Waals surface area contributed by atoms with Crippen molar-refractivity contribution in [3.63, 3.8) is 0 Å². The fourth-order valence-electron chi connectivity index (χ4n) is 3.06. The summed E-state index contributed by atoms with van der Waals surface area (Å²) in [4.78, 5) is 14.2. The SMILES string of the molecule is CN(CCOc1ccc(Cl)cc1)C(=O)CSc1nnc(-c2ccccc2F)n1C1CC1. The van der Waals surface area contributed by atoms with Crippen molar-refractivity contribution < 1.29 is 13.9 Å². The normalized spacial score (nSPS) is 13.3. The number of carbonyl (C=O) groups is 1. The topological polar surface area (TPSA) is 60.2 Å². The van der Waals surface area contributed by atoms with Crippen LogP contribution in [0.3, 0.4) is 0 Å². The summed E-state index contributed by atoms with van der Waals surface area (Å²) < 4.78 is 21.9. The van der Waals surface area contributed by atoms with Gasteiger partial charge in [0.1, 0.15) is 18.2 Å². The maximum atomic E-state index is 14.3. The molecule has 2 aromatic carbocycles. The number of benzene rings is 2. The lowest BCUT2D eigenvalue weighted by atomic mass is 10.2. The minimum Gasteiger partial charge on any atom is -0.492 e. The molecule has 0 unspecified atom stereocenters. The Balaban J connectivity index is 1.34. The lowest BCUT2D eigenvalue weighted by Crippen LogP contribution is -2.32. The summed E-state index contributed by atoms with van der Waals surface area (Å²) in [5.41, 5.74) is 0.427. The van der Waals surface area contributed by atoms with Crippen molar-refractivity contribution >= 4 is 29.3 Å². The van der Waals surface area contributed by atoms with Crippen LogP contribution in [0.2, 0.25) is 5.02 Å². The van der Waals surface area contributed by atoms with Crippen molar-refractivity contribution in [2.45, 2.75) is 24.0 Å². The van der Waals surface area contributed by atoms with Gasteiger partial charge in [0.2, 0.25) is 5.91 Å². The van der Waals surface area contributed by atoms with E-state index in [1.165, 1.54) is 17.8 Å². The zero-order valence-electron chi connectivity index (χ0n) is 17.0. The van der Waals surface area contributed by atoms with Crippen molar-refractivity contribution in [3.05, 3.63) is 59.4 Å². The average molecular weight is 461 g/mol. The van der Waals surface area contributed by atoms with Crippen LogP contribution < -0.4 is 4.74 Å². The monoisotopic (exact) mass is 460 g/mol. The molecule has 1 aliphatic carbocycles. The number of nitrogens with zero attached hydrogens (tertiary/aromatic N) is 4. The first kappa shape index (κ1) is 21.6. The highest BCUT2D eigenvalue weighted by Gasteiger charge is 2.31. The molecule has 1 heterocycles. The molecule has 1 aliphatic rings. The summed E-state index contributed by atoms with van der Waals surface area (Å²) in [5.74, 6) is 1.07. The Hall–Kier alpha value is -2.58. The van der Waals surface area contributed by atoms with E-state index < -0.39 is 0 Å². The second-order valence-corrected chi connectivity index (χ2v) is 8.67. The summed E-state index contributed by atoms with van der Waals surface area (Å²) in [6.45, 7) is 0.835. The number of halogens is 2. The molecule has 0 saturated heterocycles. The van der Waals surface area contributed by atoms with Crippen molar-refractivity contribution in [2.75, 3.05) is 26.0 Å². The maximum absolute atomic E-state index is 14.3. The van der Waals surface area contributed by atoms with Crippen LogP contribution in [0.1, 0.15) is 18.9 Å². The highest BCUT2D eigenvalue weighted by atomic mass is 35.5. The third-order valence-electron chi connectivity index (χ3n) is 4.95. The highest BCUT2D eigenvalue weighted by Crippen LogP contribution is 2.41. The van der Waals surface area contributed by atoms with E-state index in [4.69, 9.17) is 16.3 Å². The molecule has 0 N–H and O–H groups in total. The van der Waals surface area contributed by atoms with Crippen LogP contribution in [0, 0.1) is 5.82 Å². The quantitative estimate of drug-likeness (QED) is 0.433. The second-order valence-electron chi connectivity index (χ2n) is 7.29. The van der Waals surface area contributed by atoms with Gasteiger partial charge in [0, 0.05) is 18.1 Å². The number of hydrogen-bond donors (Lipinski definition) is 0. The van der Waals surface area contributed by atoms with Gasteiger partial charge in [0.15, 0.2) is 11.0 Å². The molecular weight excluding hydrogens is 439 g/mol. The molecule has 0 bridgehead atoms. The lowest BCUT2D eigenvalue weighted by Gasteiger charge is -2.17. The first-order valence-electron chi connectivity index (χ1n) is 9.98. The largest absolute Gasteiger partial charge is 0.492 e. The fourth-order valence-corrected chi connectivity index (χ4v) is 4.13. The Kier molecular flexibility index (Phi) is 6.77. The fraction of sp³-hybridized carbons (Fsp3) is 0.318. The summed E-state index contributed by atoms with van der Waals surface area (Å²) >= 11 is 7.19. The van der Waals surface area contributed by atoms with E-state index in [2.05, 4.69) is 10.2 Å². The van der Waals surface area contributed by atoms with Gasteiger partial charge in [-0.1, -0.05) is 35.5 Å². The zero-order chi connectivity index (χ0) is 21.8. The van der Waals surface area contributed by atoms with E-state index in [1.807, 2.05) is 4.57 Å². The molecule has 0 radical (unpaired) electrons. The van der Waals surface area contributed by atoms with Crippen LogP contribution in [0.15, 0.2) is 53.7 Å². The van der Waals surface area contributed by atoms with Crippen LogP contribution in [0.5, 0.6) is 5.75 Å². The number of carbonyl (C=O) groups excluding carboxylic acids is 1. The summed E-state index contributed by atoms with van der Waals surface area (Å²) in [5, 5.41) is 9.74. The predicted molar refractivity (Wildman–Crippen MR) is 119 cm³/mol. The molecular formula is C22H22ClFN4O2S. The van der Waals surface area contributed by atoms with Crippen molar-refractivity contribution in [1.82, 2.24) is 19.7 Å². The number of hydrogen-bond acceptors (Lipinski definition) is 5. The van der Waals surface area contributed by atoms with E-state index in [9.17, 15) is 9.18 Å². The van der Waals surface area contributed by atoms with Gasteiger partial charge in [-0.25, -0.2) is 4.39 Å². The van der Waals surface area contributed by atoms with Crippen LogP contribution in [-0.2, 0) is 4.79 Å². The summed E-state index contributed by atoms with van der Waals surface area (Å²) in [7, 11) is 1.74. The van der Waals surface area contributed by atoms with Crippen molar-refractivity contribution in [3.8, 4) is 17.1 Å². The standard InChI is InChI=1S/C22H22ClFN4O2S/c1-27(12-13-30-17-10-6-15(23)7-11-17)20(29)14-31-22-26-25-21(28(22)16-8-9-16)18-4-2-3-5-19(18)24/h2-7,10-11,16H,8-9,12-14H2,1H3. The van der Waals surface area contributed by atoms with Gasteiger partial charge in [-0.2, -0.15) is 0 Å². The van der Waals surface area contributed by atoms with Gasteiger partial charge >= 0.3 is 0 Å². The molecule has 9 heteroatoms. The molecule has 0 spiro atoms. The molecule has 1 amide bonds. The first-order chi connectivity index (χ1) is 15.0. The minimum atomic E-state index is -0.329. The Morgan fingerprint density at radius 2 is 1.97 bits per heavy atom. The number of likely N-dealkylation sites (N-methyl/N-ethyl adjacent to an activating group) is 1. The molecule has 6 nitrogen and oxygen atoms in total. The molecule has 1 saturated carbocycles. The van der Waals surface area contributed by atoms with Crippen LogP contribution in [-0.4, -0.2) is 51.5 Å². The number of aromatic nitrogens is 3. The summed E-state index contributed by atoms with van der Waals surface area (Å²) in [6, 6.07) is 13.9. The first-order valence-corrected chi connectivity index (χ1v) is 11.3. The van der Waals surface area contributed by atoms with Gasteiger partial charge < -0.3 is 9.64 Å². The Bertz CT molecular complexity index is 1060. The van der Waals surface area contributed by atoms with Crippen molar-refractivity contribution in [1.29, 1.82) is 0 Å². The van der Waals surface area contributed by atoms with Gasteiger partial charge in [-0.05, 0) is 49.2 Å². The third kappa shape index (κ3) is 5.37. The minimum absolute atomic E-state index is 0.0394. The van der Waals surface area contributed by atoms with E-state index in [0.717, 1.165) is 12.8 Å². The third-order valence-corrected chi connectivity index (χ3v) is 6.13. The zero-order valence-corrected chi connectivity index (χ0v) is 18.6. The molecule has 0 aliphatic heterocycles. The molecule has 4 rings (SSSR count). The second kappa shape index (κ2) is 9.70. The summed E-state index contributed by atoms with van der Waals surface area (Å²) in [6.07, 6.45) is 2.01. The maximum Gasteiger partial charge on any atom is 0.232 e. The number of thioether (sulfide) groups is 1. The molecule has 3 aromatic rings. The molecule has 1 fully saturated rings. The average Bonchev–Trinajstić information content (AvgIpc) is 3.53. The Labute approximate surface area is 189 Å².